The van der Waals surface area contributed by atoms with Crippen LogP contribution in [0.4, 0.5) is 0 Å². The van der Waals surface area contributed by atoms with Gasteiger partial charge in [0, 0.05) is 31.8 Å². The van der Waals surface area contributed by atoms with Gasteiger partial charge in [0.1, 0.15) is 5.69 Å². The SMILES string of the molecule is CCCNC(=O)c1cc2occc2n1CC1CCCCO1. The smallest absolute Gasteiger partial charge is 0.268 e. The van der Waals surface area contributed by atoms with E-state index in [1.165, 1.54) is 6.42 Å². The Bertz CT molecular complexity index is 608. The highest BCUT2D eigenvalue weighted by Gasteiger charge is 2.21. The van der Waals surface area contributed by atoms with Crippen LogP contribution in [-0.4, -0.2) is 29.7 Å². The summed E-state index contributed by atoms with van der Waals surface area (Å²) in [5.41, 5.74) is 2.38. The minimum absolute atomic E-state index is 0.0425. The van der Waals surface area contributed by atoms with Gasteiger partial charge in [0.2, 0.25) is 0 Å². The fourth-order valence-electron chi connectivity index (χ4n) is 2.85. The Morgan fingerprint density at radius 2 is 2.38 bits per heavy atom. The lowest BCUT2D eigenvalue weighted by Gasteiger charge is -2.24. The molecule has 0 aromatic carbocycles. The van der Waals surface area contributed by atoms with Crippen LogP contribution in [0.25, 0.3) is 11.1 Å². The molecule has 0 spiro atoms. The summed E-state index contributed by atoms with van der Waals surface area (Å²) in [6, 6.07) is 3.73. The summed E-state index contributed by atoms with van der Waals surface area (Å²) in [6.07, 6.45) is 6.14. The number of hydrogen-bond donors (Lipinski definition) is 1. The van der Waals surface area contributed by atoms with Gasteiger partial charge in [0.15, 0.2) is 5.58 Å². The van der Waals surface area contributed by atoms with E-state index in [0.717, 1.165) is 37.0 Å². The summed E-state index contributed by atoms with van der Waals surface area (Å²) < 4.78 is 13.3. The number of nitrogens with one attached hydrogen (secondary N) is 1. The summed E-state index contributed by atoms with van der Waals surface area (Å²) in [6.45, 7) is 4.25. The third-order valence-corrected chi connectivity index (χ3v) is 3.95. The minimum Gasteiger partial charge on any atom is -0.463 e. The molecule has 0 bridgehead atoms. The molecular formula is C16H22N2O3. The molecule has 1 amide bonds. The van der Waals surface area contributed by atoms with E-state index in [2.05, 4.69) is 5.32 Å². The molecule has 2 aromatic rings. The first-order chi connectivity index (χ1) is 10.3. The first-order valence-electron chi connectivity index (χ1n) is 7.76. The van der Waals surface area contributed by atoms with E-state index >= 15 is 0 Å². The highest BCUT2D eigenvalue weighted by molar-refractivity contribution is 5.97. The summed E-state index contributed by atoms with van der Waals surface area (Å²) >= 11 is 0. The summed E-state index contributed by atoms with van der Waals surface area (Å²) in [5, 5.41) is 2.93. The number of ether oxygens (including phenoxy) is 1. The second kappa shape index (κ2) is 6.35. The predicted molar refractivity (Wildman–Crippen MR) is 80.4 cm³/mol. The highest BCUT2D eigenvalue weighted by Crippen LogP contribution is 2.24. The maximum absolute atomic E-state index is 12.3. The van der Waals surface area contributed by atoms with Gasteiger partial charge in [-0.15, -0.1) is 0 Å². The highest BCUT2D eigenvalue weighted by atomic mass is 16.5. The van der Waals surface area contributed by atoms with Gasteiger partial charge in [0.05, 0.1) is 17.9 Å². The Kier molecular flexibility index (Phi) is 4.29. The predicted octanol–water partition coefficient (Wildman–Crippen LogP) is 2.94. The Labute approximate surface area is 124 Å². The zero-order valence-corrected chi connectivity index (χ0v) is 12.4. The first kappa shape index (κ1) is 14.2. The van der Waals surface area contributed by atoms with Crippen LogP contribution in [0.3, 0.4) is 0 Å². The molecule has 21 heavy (non-hydrogen) atoms. The molecule has 3 rings (SSSR count). The van der Waals surface area contributed by atoms with Gasteiger partial charge in [-0.2, -0.15) is 0 Å². The minimum atomic E-state index is -0.0425. The topological polar surface area (TPSA) is 56.4 Å². The fourth-order valence-corrected chi connectivity index (χ4v) is 2.85. The third kappa shape index (κ3) is 2.97. The Hall–Kier alpha value is -1.75. The zero-order valence-electron chi connectivity index (χ0n) is 12.4. The molecule has 0 aliphatic carbocycles. The standard InChI is InChI=1S/C16H22N2O3/c1-2-7-17-16(19)14-10-15-13(6-9-21-15)18(14)11-12-5-3-4-8-20-12/h6,9-10,12H,2-5,7-8,11H2,1H3,(H,17,19). The molecule has 1 unspecified atom stereocenters. The molecule has 1 N–H and O–H groups in total. The van der Waals surface area contributed by atoms with E-state index in [-0.39, 0.29) is 12.0 Å². The number of rotatable bonds is 5. The van der Waals surface area contributed by atoms with Crippen molar-refractivity contribution in [2.75, 3.05) is 13.2 Å². The van der Waals surface area contributed by atoms with Crippen LogP contribution in [0.1, 0.15) is 43.1 Å². The van der Waals surface area contributed by atoms with Crippen LogP contribution in [0.2, 0.25) is 0 Å². The summed E-state index contributed by atoms with van der Waals surface area (Å²) in [7, 11) is 0. The quantitative estimate of drug-likeness (QED) is 0.921. The second-order valence-electron chi connectivity index (χ2n) is 5.55. The number of carbonyl (C=O) groups excluding carboxylic acids is 1. The van der Waals surface area contributed by atoms with Gasteiger partial charge in [-0.3, -0.25) is 4.79 Å². The van der Waals surface area contributed by atoms with Crippen molar-refractivity contribution < 1.29 is 13.9 Å². The number of aromatic nitrogens is 1. The van der Waals surface area contributed by atoms with E-state index in [4.69, 9.17) is 9.15 Å². The van der Waals surface area contributed by atoms with Crippen molar-refractivity contribution in [3.05, 3.63) is 24.1 Å². The second-order valence-corrected chi connectivity index (χ2v) is 5.55. The number of hydrogen-bond acceptors (Lipinski definition) is 3. The Morgan fingerprint density at radius 1 is 1.48 bits per heavy atom. The maximum Gasteiger partial charge on any atom is 0.268 e. The molecular weight excluding hydrogens is 268 g/mol. The molecule has 0 saturated carbocycles. The number of furan rings is 1. The molecule has 114 valence electrons. The molecule has 1 fully saturated rings. The largest absolute Gasteiger partial charge is 0.463 e. The molecule has 1 aliphatic rings. The van der Waals surface area contributed by atoms with Crippen molar-refractivity contribution in [3.63, 3.8) is 0 Å². The van der Waals surface area contributed by atoms with Gasteiger partial charge >= 0.3 is 0 Å². The molecule has 0 radical (unpaired) electrons. The van der Waals surface area contributed by atoms with Crippen LogP contribution in [0.15, 0.2) is 22.8 Å². The van der Waals surface area contributed by atoms with Crippen molar-refractivity contribution in [1.29, 1.82) is 0 Å². The maximum atomic E-state index is 12.3. The molecule has 2 aromatic heterocycles. The van der Waals surface area contributed by atoms with Crippen LogP contribution in [0.5, 0.6) is 0 Å². The Morgan fingerprint density at radius 3 is 3.14 bits per heavy atom. The van der Waals surface area contributed by atoms with Gasteiger partial charge < -0.3 is 19.0 Å². The molecule has 3 heterocycles. The molecule has 1 saturated heterocycles. The number of carbonyl (C=O) groups is 1. The van der Waals surface area contributed by atoms with Crippen molar-refractivity contribution in [3.8, 4) is 0 Å². The number of amides is 1. The van der Waals surface area contributed by atoms with E-state index in [1.807, 2.05) is 23.6 Å². The molecule has 1 aliphatic heterocycles. The zero-order chi connectivity index (χ0) is 14.7. The van der Waals surface area contributed by atoms with E-state index in [9.17, 15) is 4.79 Å². The number of fused-ring (bicyclic) bond motifs is 1. The van der Waals surface area contributed by atoms with Crippen molar-refractivity contribution in [1.82, 2.24) is 9.88 Å². The normalized spacial score (nSPS) is 19.0. The van der Waals surface area contributed by atoms with Crippen molar-refractivity contribution in [2.24, 2.45) is 0 Å². The van der Waals surface area contributed by atoms with Gasteiger partial charge in [-0.25, -0.2) is 0 Å². The third-order valence-electron chi connectivity index (χ3n) is 3.95. The lowest BCUT2D eigenvalue weighted by Crippen LogP contribution is -2.30. The fraction of sp³-hybridized carbons (Fsp3) is 0.562. The van der Waals surface area contributed by atoms with Gasteiger partial charge in [-0.1, -0.05) is 6.92 Å². The molecule has 5 nitrogen and oxygen atoms in total. The van der Waals surface area contributed by atoms with Crippen LogP contribution in [-0.2, 0) is 11.3 Å². The molecule has 1 atom stereocenters. The lowest BCUT2D eigenvalue weighted by molar-refractivity contribution is 0.00638. The van der Waals surface area contributed by atoms with Crippen LogP contribution in [0, 0.1) is 0 Å². The van der Waals surface area contributed by atoms with E-state index in [1.54, 1.807) is 6.26 Å². The van der Waals surface area contributed by atoms with Gasteiger partial charge in [0.25, 0.3) is 5.91 Å². The van der Waals surface area contributed by atoms with E-state index < -0.39 is 0 Å². The van der Waals surface area contributed by atoms with Gasteiger partial charge in [-0.05, 0) is 25.7 Å². The van der Waals surface area contributed by atoms with E-state index in [0.29, 0.717) is 18.8 Å². The average molecular weight is 290 g/mol. The lowest BCUT2D eigenvalue weighted by atomic mass is 10.1. The summed E-state index contributed by atoms with van der Waals surface area (Å²) in [4.78, 5) is 12.3. The van der Waals surface area contributed by atoms with Crippen molar-refractivity contribution >= 4 is 17.0 Å². The number of nitrogens with zero attached hydrogens (tertiary/aromatic N) is 1. The Balaban J connectivity index is 1.86. The monoisotopic (exact) mass is 290 g/mol. The summed E-state index contributed by atoms with van der Waals surface area (Å²) in [5.74, 6) is -0.0425. The van der Waals surface area contributed by atoms with Crippen LogP contribution >= 0.6 is 0 Å². The van der Waals surface area contributed by atoms with Crippen molar-refractivity contribution in [2.45, 2.75) is 45.3 Å². The molecule has 5 heteroatoms. The first-order valence-corrected chi connectivity index (χ1v) is 7.76. The van der Waals surface area contributed by atoms with Crippen LogP contribution < -0.4 is 5.32 Å². The average Bonchev–Trinajstić information content (AvgIpc) is 3.08.